The zero-order valence-corrected chi connectivity index (χ0v) is 13.1. The molecule has 0 saturated carbocycles. The van der Waals surface area contributed by atoms with Gasteiger partial charge in [-0.2, -0.15) is 0 Å². The summed E-state index contributed by atoms with van der Waals surface area (Å²) in [6.07, 6.45) is 2.28. The number of hydrogen-bond donors (Lipinski definition) is 1. The number of nitrogens with zero attached hydrogens (tertiary/aromatic N) is 2. The van der Waals surface area contributed by atoms with Gasteiger partial charge in [-0.05, 0) is 19.4 Å². The fourth-order valence-corrected chi connectivity index (χ4v) is 2.44. The highest BCUT2D eigenvalue weighted by Crippen LogP contribution is 2.05. The van der Waals surface area contributed by atoms with Gasteiger partial charge >= 0.3 is 0 Å². The van der Waals surface area contributed by atoms with Gasteiger partial charge in [-0.15, -0.1) is 11.3 Å². The third kappa shape index (κ3) is 5.11. The lowest BCUT2D eigenvalue weighted by molar-refractivity contribution is -0.115. The molecule has 0 aliphatic rings. The van der Waals surface area contributed by atoms with Crippen molar-refractivity contribution in [2.45, 2.75) is 32.9 Å². The van der Waals surface area contributed by atoms with E-state index >= 15 is 0 Å². The molecule has 110 valence electrons. The number of aliphatic imine (C=N–C) groups is 1. The van der Waals surface area contributed by atoms with Gasteiger partial charge in [-0.25, -0.2) is 4.98 Å². The molecule has 0 fully saturated rings. The molecule has 1 aromatic carbocycles. The van der Waals surface area contributed by atoms with Crippen LogP contribution < -0.4 is 5.32 Å². The van der Waals surface area contributed by atoms with Crippen LogP contribution in [0.2, 0.25) is 0 Å². The van der Waals surface area contributed by atoms with E-state index in [9.17, 15) is 4.79 Å². The second kappa shape index (κ2) is 7.69. The minimum atomic E-state index is -0.122. The average molecular weight is 301 g/mol. The largest absolute Gasteiger partial charge is 0.344 e. The number of carbonyl (C=O) groups excluding carboxylic acids is 1. The monoisotopic (exact) mass is 301 g/mol. The van der Waals surface area contributed by atoms with E-state index in [1.807, 2.05) is 49.6 Å². The molecule has 0 aliphatic heterocycles. The number of carbonyl (C=O) groups is 1. The minimum absolute atomic E-state index is 0.0920. The van der Waals surface area contributed by atoms with Crippen LogP contribution in [0.25, 0.3) is 0 Å². The summed E-state index contributed by atoms with van der Waals surface area (Å²) >= 11 is 1.53. The first-order chi connectivity index (χ1) is 10.1. The maximum Gasteiger partial charge on any atom is 0.265 e. The highest BCUT2D eigenvalue weighted by Gasteiger charge is 2.13. The summed E-state index contributed by atoms with van der Waals surface area (Å²) in [7, 11) is 0. The lowest BCUT2D eigenvalue weighted by Crippen LogP contribution is -2.32. The predicted octanol–water partition coefficient (Wildman–Crippen LogP) is 2.85. The molecule has 21 heavy (non-hydrogen) atoms. The van der Waals surface area contributed by atoms with E-state index in [0.717, 1.165) is 10.6 Å². The van der Waals surface area contributed by atoms with Crippen molar-refractivity contribution in [3.63, 3.8) is 0 Å². The van der Waals surface area contributed by atoms with Gasteiger partial charge < -0.3 is 5.32 Å². The predicted molar refractivity (Wildman–Crippen MR) is 86.7 cm³/mol. The van der Waals surface area contributed by atoms with Crippen molar-refractivity contribution in [2.75, 3.05) is 0 Å². The summed E-state index contributed by atoms with van der Waals surface area (Å²) in [5.74, 6) is -0.122. The van der Waals surface area contributed by atoms with Gasteiger partial charge in [0.2, 0.25) is 0 Å². The van der Waals surface area contributed by atoms with E-state index in [0.29, 0.717) is 18.7 Å². The second-order valence-electron chi connectivity index (χ2n) is 4.94. The number of hydrogen-bond acceptors (Lipinski definition) is 4. The van der Waals surface area contributed by atoms with Gasteiger partial charge in [-0.1, -0.05) is 30.3 Å². The Labute approximate surface area is 129 Å². The molecule has 5 heteroatoms. The fourth-order valence-electron chi connectivity index (χ4n) is 1.88. The molecule has 0 bridgehead atoms. The van der Waals surface area contributed by atoms with Crippen LogP contribution in [-0.4, -0.2) is 22.6 Å². The van der Waals surface area contributed by atoms with Crippen molar-refractivity contribution in [3.05, 3.63) is 52.5 Å². The Kier molecular flexibility index (Phi) is 5.63. The normalized spacial score (nSPS) is 11.7. The molecule has 1 heterocycles. The van der Waals surface area contributed by atoms with Crippen molar-refractivity contribution in [1.82, 2.24) is 10.3 Å². The summed E-state index contributed by atoms with van der Waals surface area (Å²) in [6, 6.07) is 10.00. The van der Waals surface area contributed by atoms with Gasteiger partial charge in [0.25, 0.3) is 5.91 Å². The molecule has 1 N–H and O–H groups in total. The van der Waals surface area contributed by atoms with Crippen molar-refractivity contribution in [3.8, 4) is 0 Å². The highest BCUT2D eigenvalue weighted by molar-refractivity contribution is 7.09. The summed E-state index contributed by atoms with van der Waals surface area (Å²) < 4.78 is 0. The first kappa shape index (κ1) is 15.4. The van der Waals surface area contributed by atoms with Crippen LogP contribution in [0.15, 0.2) is 46.9 Å². The van der Waals surface area contributed by atoms with Crippen LogP contribution in [0.4, 0.5) is 0 Å². The van der Waals surface area contributed by atoms with E-state index in [1.165, 1.54) is 11.3 Å². The zero-order valence-electron chi connectivity index (χ0n) is 12.2. The molecule has 2 aromatic rings. The topological polar surface area (TPSA) is 54.4 Å². The van der Waals surface area contributed by atoms with Crippen LogP contribution in [0.3, 0.4) is 0 Å². The molecule has 4 nitrogen and oxygen atoms in total. The number of amides is 1. The number of rotatable bonds is 6. The molecular weight excluding hydrogens is 282 g/mol. The van der Waals surface area contributed by atoms with E-state index in [2.05, 4.69) is 15.3 Å². The highest BCUT2D eigenvalue weighted by atomic mass is 32.1. The lowest BCUT2D eigenvalue weighted by Gasteiger charge is -2.09. The first-order valence-corrected chi connectivity index (χ1v) is 7.80. The van der Waals surface area contributed by atoms with E-state index in [1.54, 1.807) is 6.20 Å². The fraction of sp³-hybridized carbons (Fsp3) is 0.312. The molecule has 0 atom stereocenters. The van der Waals surface area contributed by atoms with Crippen LogP contribution in [0.1, 0.15) is 24.4 Å². The third-order valence-electron chi connectivity index (χ3n) is 2.77. The SMILES string of the molecule is CC(C)N=C(Cc1ccccc1)C(=O)NCc1nccs1. The molecule has 0 aliphatic carbocycles. The van der Waals surface area contributed by atoms with Crippen LogP contribution >= 0.6 is 11.3 Å². The van der Waals surface area contributed by atoms with Gasteiger partial charge in [0.05, 0.1) is 6.54 Å². The Morgan fingerprint density at radius 2 is 2.10 bits per heavy atom. The Hall–Kier alpha value is -2.01. The standard InChI is InChI=1S/C16H19N3OS/c1-12(2)19-14(10-13-6-4-3-5-7-13)16(20)18-11-15-17-8-9-21-15/h3-9,12H,10-11H2,1-2H3,(H,18,20). The lowest BCUT2D eigenvalue weighted by atomic mass is 10.1. The Bertz CT molecular complexity index is 591. The number of nitrogens with one attached hydrogen (secondary N) is 1. The number of benzene rings is 1. The Morgan fingerprint density at radius 3 is 2.71 bits per heavy atom. The maximum atomic E-state index is 12.3. The third-order valence-corrected chi connectivity index (χ3v) is 3.55. The summed E-state index contributed by atoms with van der Waals surface area (Å²) in [6.45, 7) is 4.39. The molecule has 0 unspecified atom stereocenters. The van der Waals surface area contributed by atoms with E-state index < -0.39 is 0 Å². The molecule has 0 saturated heterocycles. The van der Waals surface area contributed by atoms with Crippen molar-refractivity contribution in [2.24, 2.45) is 4.99 Å². The van der Waals surface area contributed by atoms with Gasteiger partial charge in [0.15, 0.2) is 0 Å². The molecule has 0 radical (unpaired) electrons. The van der Waals surface area contributed by atoms with Crippen LogP contribution in [0.5, 0.6) is 0 Å². The number of thiazole rings is 1. The van der Waals surface area contributed by atoms with Gasteiger partial charge in [0.1, 0.15) is 10.7 Å². The molecule has 1 aromatic heterocycles. The molecule has 0 spiro atoms. The number of aromatic nitrogens is 1. The van der Waals surface area contributed by atoms with Crippen molar-refractivity contribution in [1.29, 1.82) is 0 Å². The zero-order chi connectivity index (χ0) is 15.1. The summed E-state index contributed by atoms with van der Waals surface area (Å²) in [4.78, 5) is 20.9. The molecule has 2 rings (SSSR count). The van der Waals surface area contributed by atoms with Crippen molar-refractivity contribution < 1.29 is 4.79 Å². The van der Waals surface area contributed by atoms with Gasteiger partial charge in [0, 0.05) is 24.0 Å². The smallest absolute Gasteiger partial charge is 0.265 e. The Morgan fingerprint density at radius 1 is 1.33 bits per heavy atom. The van der Waals surface area contributed by atoms with E-state index in [4.69, 9.17) is 0 Å². The van der Waals surface area contributed by atoms with Crippen molar-refractivity contribution >= 4 is 23.0 Å². The molecule has 1 amide bonds. The van der Waals surface area contributed by atoms with Crippen LogP contribution in [-0.2, 0) is 17.8 Å². The van der Waals surface area contributed by atoms with Crippen LogP contribution in [0, 0.1) is 0 Å². The summed E-state index contributed by atoms with van der Waals surface area (Å²) in [5, 5.41) is 5.68. The van der Waals surface area contributed by atoms with Gasteiger partial charge in [-0.3, -0.25) is 9.79 Å². The second-order valence-corrected chi connectivity index (χ2v) is 5.92. The average Bonchev–Trinajstić information content (AvgIpc) is 2.98. The quantitative estimate of drug-likeness (QED) is 0.834. The Balaban J connectivity index is 2.03. The van der Waals surface area contributed by atoms with E-state index in [-0.39, 0.29) is 11.9 Å². The summed E-state index contributed by atoms with van der Waals surface area (Å²) in [5.41, 5.74) is 1.65. The minimum Gasteiger partial charge on any atom is -0.344 e. The maximum absolute atomic E-state index is 12.3. The molecular formula is C16H19N3OS. The first-order valence-electron chi connectivity index (χ1n) is 6.92.